The van der Waals surface area contributed by atoms with Crippen LogP contribution < -0.4 is 16.9 Å². The maximum atomic E-state index is 7.42. The van der Waals surface area contributed by atoms with E-state index in [-0.39, 0.29) is 0 Å². The molecule has 4 heavy (non-hydrogen) atoms. The minimum atomic E-state index is -0.833. The number of rotatable bonds is 0. The maximum absolute atomic E-state index is 7.42. The Morgan fingerprint density at radius 3 is 2.00 bits per heavy atom. The highest BCUT2D eigenvalue weighted by atomic mass is 14.9. The van der Waals surface area contributed by atoms with Crippen LogP contribution in [-0.4, -0.2) is 5.96 Å². The van der Waals surface area contributed by atoms with Gasteiger partial charge in [0, 0.05) is 0 Å². The number of guanidine groups is 1. The Balaban J connectivity index is 2.80. The van der Waals surface area contributed by atoms with Crippen LogP contribution in [0.25, 0.3) is 0 Å². The molecule has 0 unspecified atom stereocenters. The Morgan fingerprint density at radius 1 is 2.00 bits per heavy atom. The second kappa shape index (κ2) is 0.711. The van der Waals surface area contributed by atoms with Crippen molar-refractivity contribution in [3.63, 3.8) is 0 Å². The van der Waals surface area contributed by atoms with E-state index >= 15 is 0 Å². The molecule has 0 heterocycles. The molecule has 22 valence electrons. The highest BCUT2D eigenvalue weighted by Gasteiger charge is 1.58. The van der Waals surface area contributed by atoms with Crippen molar-refractivity contribution in [2.24, 2.45) is 5.73 Å². The smallest absolute Gasteiger partial charge is 0.232 e. The lowest BCUT2D eigenvalue weighted by Crippen LogP contribution is -2.11. The standard InChI is InChI=1S/CH3N3/c2-1(3)4/h2H,3H2. The Morgan fingerprint density at radius 2 is 2.00 bits per heavy atom. The molecular weight excluding hydrogens is 54.0 g/mol. The summed E-state index contributed by atoms with van der Waals surface area (Å²) in [5, 5.41) is 7.42. The molecule has 0 aromatic heterocycles. The average Bonchev–Trinajstić information content (AvgIpc) is 0.811. The molecule has 3 N–H and O–H groups in total. The average molecular weight is 57.1 g/mol. The SMILES string of the molecule is [N]=C([NH])N. The summed E-state index contributed by atoms with van der Waals surface area (Å²) in [4.78, 5) is 0. The van der Waals surface area contributed by atoms with E-state index in [1.165, 1.54) is 0 Å². The van der Waals surface area contributed by atoms with E-state index in [0.29, 0.717) is 0 Å². The summed E-state index contributed by atoms with van der Waals surface area (Å²) in [7, 11) is 0. The Hall–Kier alpha value is -0.730. The van der Waals surface area contributed by atoms with Gasteiger partial charge in [0.1, 0.15) is 0 Å². The van der Waals surface area contributed by atoms with Crippen LogP contribution in [0.4, 0.5) is 0 Å². The van der Waals surface area contributed by atoms with Crippen LogP contribution in [0, 0.1) is 0 Å². The van der Waals surface area contributed by atoms with Crippen molar-refractivity contribution in [3.8, 4) is 0 Å². The fraction of sp³-hybridized carbons (Fsp3) is 0. The molecule has 2 radical (unpaired) electrons. The molecule has 0 bridgehead atoms. The van der Waals surface area contributed by atoms with Crippen molar-refractivity contribution >= 4 is 5.96 Å². The van der Waals surface area contributed by atoms with E-state index < -0.39 is 5.96 Å². The van der Waals surface area contributed by atoms with E-state index in [4.69, 9.17) is 11.1 Å². The molecule has 0 saturated carbocycles. The Kier molecular flexibility index (Phi) is 0.581. The zero-order valence-electron chi connectivity index (χ0n) is 2.02. The van der Waals surface area contributed by atoms with Crippen LogP contribution in [0.2, 0.25) is 0 Å². The molecule has 3 heteroatoms. The van der Waals surface area contributed by atoms with Gasteiger partial charge in [-0.05, 0) is 0 Å². The van der Waals surface area contributed by atoms with Crippen LogP contribution in [0.3, 0.4) is 0 Å². The van der Waals surface area contributed by atoms with Gasteiger partial charge in [0.15, 0.2) is 0 Å². The van der Waals surface area contributed by atoms with Gasteiger partial charge in [-0.25, -0.2) is 0 Å². The lowest BCUT2D eigenvalue weighted by atomic mass is 11.1. The number of nitrogens with two attached hydrogens (primary N) is 1. The highest BCUT2D eigenvalue weighted by molar-refractivity contribution is 5.72. The minimum absolute atomic E-state index is 0.833. The molecule has 0 atom stereocenters. The zero-order chi connectivity index (χ0) is 3.58. The molecule has 3 nitrogen and oxygen atoms in total. The first-order chi connectivity index (χ1) is 1.73. The topological polar surface area (TPSA) is 72.1 Å². The third kappa shape index (κ3) is 0.174. The zero-order valence-corrected chi connectivity index (χ0v) is 2.02. The van der Waals surface area contributed by atoms with Crippen LogP contribution >= 0.6 is 0 Å². The van der Waals surface area contributed by atoms with Crippen LogP contribution in [0.15, 0.2) is 0 Å². The molecule has 0 saturated heterocycles. The molecule has 0 aromatic carbocycles. The van der Waals surface area contributed by atoms with Crippen molar-refractivity contribution in [1.82, 2.24) is 11.1 Å². The van der Waals surface area contributed by atoms with Gasteiger partial charge < -0.3 is 5.73 Å². The summed E-state index contributed by atoms with van der Waals surface area (Å²) in [5.74, 6) is -0.833. The molecular formula is CH3N3. The summed E-state index contributed by atoms with van der Waals surface area (Å²) in [6, 6.07) is 0. The van der Waals surface area contributed by atoms with Crippen LogP contribution in [0.5, 0.6) is 0 Å². The number of nitrogens with zero attached hydrogens (tertiary/aromatic N) is 1. The summed E-state index contributed by atoms with van der Waals surface area (Å²) in [6.45, 7) is 0. The monoisotopic (exact) mass is 57.0 g/mol. The first kappa shape index (κ1) is 3.27. The maximum Gasteiger partial charge on any atom is 0.232 e. The second-order valence-electron chi connectivity index (χ2n) is 0.385. The quantitative estimate of drug-likeness (QED) is 0.263. The van der Waals surface area contributed by atoms with E-state index in [1.807, 2.05) is 0 Å². The van der Waals surface area contributed by atoms with E-state index in [1.54, 1.807) is 0 Å². The fourth-order valence-corrected chi connectivity index (χ4v) is 0. The fourth-order valence-electron chi connectivity index (χ4n) is 0. The molecule has 0 aliphatic heterocycles. The van der Waals surface area contributed by atoms with Gasteiger partial charge in [0.05, 0.1) is 0 Å². The van der Waals surface area contributed by atoms with E-state index in [0.717, 1.165) is 0 Å². The van der Waals surface area contributed by atoms with Gasteiger partial charge in [-0.3, -0.25) is 5.73 Å². The second-order valence-corrected chi connectivity index (χ2v) is 0.385. The lowest BCUT2D eigenvalue weighted by molar-refractivity contribution is 1.47. The summed E-state index contributed by atoms with van der Waals surface area (Å²) >= 11 is 0. The van der Waals surface area contributed by atoms with E-state index in [9.17, 15) is 0 Å². The molecule has 0 amide bonds. The predicted octanol–water partition coefficient (Wildman–Crippen LogP) is -1.62. The van der Waals surface area contributed by atoms with Crippen molar-refractivity contribution in [2.75, 3.05) is 0 Å². The van der Waals surface area contributed by atoms with Gasteiger partial charge >= 0.3 is 0 Å². The van der Waals surface area contributed by atoms with Gasteiger partial charge in [-0.2, -0.15) is 0 Å². The molecule has 0 rings (SSSR count). The highest BCUT2D eigenvalue weighted by Crippen LogP contribution is 1.12. The van der Waals surface area contributed by atoms with Gasteiger partial charge in [-0.15, -0.1) is 5.41 Å². The summed E-state index contributed by atoms with van der Waals surface area (Å²) in [6.07, 6.45) is 0. The third-order valence-corrected chi connectivity index (χ3v) is 0. The number of hydrogen-bond donors (Lipinski definition) is 1. The number of nitrogens with one attached hydrogen (secondary N) is 1. The normalized spacial score (nSPS) is 6.00. The third-order valence-electron chi connectivity index (χ3n) is 0. The molecule has 0 aliphatic rings. The molecule has 0 aromatic rings. The first-order valence-electron chi connectivity index (χ1n) is 0.762. The minimum Gasteiger partial charge on any atom is -0.367 e. The van der Waals surface area contributed by atoms with Crippen LogP contribution in [-0.2, 0) is 0 Å². The Bertz CT molecular complexity index is 26.3. The Labute approximate surface area is 24.1 Å². The predicted molar refractivity (Wildman–Crippen MR) is 14.4 cm³/mol. The van der Waals surface area contributed by atoms with Crippen molar-refractivity contribution in [3.05, 3.63) is 0 Å². The summed E-state index contributed by atoms with van der Waals surface area (Å²) in [5.41, 5.74) is 10.1. The molecule has 0 spiro atoms. The van der Waals surface area contributed by atoms with E-state index in [2.05, 4.69) is 5.73 Å². The van der Waals surface area contributed by atoms with Crippen LogP contribution in [0.1, 0.15) is 0 Å². The van der Waals surface area contributed by atoms with Gasteiger partial charge in [0.2, 0.25) is 5.96 Å². The largest absolute Gasteiger partial charge is 0.367 e. The first-order valence-corrected chi connectivity index (χ1v) is 0.762. The van der Waals surface area contributed by atoms with Crippen molar-refractivity contribution in [2.45, 2.75) is 0 Å². The van der Waals surface area contributed by atoms with Crippen molar-refractivity contribution in [1.29, 1.82) is 0 Å². The summed E-state index contributed by atoms with van der Waals surface area (Å²) < 4.78 is 0. The van der Waals surface area contributed by atoms with Gasteiger partial charge in [0.25, 0.3) is 0 Å². The lowest BCUT2D eigenvalue weighted by Gasteiger charge is -1.63. The number of hydrogen-bond acceptors (Lipinski definition) is 0. The molecule has 0 aliphatic carbocycles. The van der Waals surface area contributed by atoms with Gasteiger partial charge in [-0.1, -0.05) is 0 Å². The molecule has 0 fully saturated rings. The van der Waals surface area contributed by atoms with Crippen molar-refractivity contribution < 1.29 is 0 Å².